The Labute approximate surface area is 172 Å². The summed E-state index contributed by atoms with van der Waals surface area (Å²) in [6, 6.07) is 12.8. The Balaban J connectivity index is 2.06. The largest absolute Gasteiger partial charge is 0.481 e. The van der Waals surface area contributed by atoms with Crippen LogP contribution >= 0.6 is 15.9 Å². The van der Waals surface area contributed by atoms with Gasteiger partial charge < -0.3 is 4.74 Å². The average Bonchev–Trinajstić information content (AvgIpc) is 2.66. The molecule has 0 saturated carbocycles. The van der Waals surface area contributed by atoms with Gasteiger partial charge in [0.05, 0.1) is 17.1 Å². The van der Waals surface area contributed by atoms with E-state index in [-0.39, 0.29) is 17.6 Å². The lowest BCUT2D eigenvalue weighted by Gasteiger charge is -2.20. The van der Waals surface area contributed by atoms with Crippen molar-refractivity contribution in [1.82, 2.24) is 9.66 Å². The van der Waals surface area contributed by atoms with Crippen LogP contribution in [-0.4, -0.2) is 22.5 Å². The third kappa shape index (κ3) is 4.32. The zero-order chi connectivity index (χ0) is 20.3. The fraction of sp³-hybridized carbons (Fsp3) is 0.227. The Bertz CT molecular complexity index is 1130. The van der Waals surface area contributed by atoms with Crippen molar-refractivity contribution in [3.63, 3.8) is 0 Å². The first kappa shape index (κ1) is 19.8. The van der Waals surface area contributed by atoms with Crippen LogP contribution in [0.1, 0.15) is 32.2 Å². The third-order valence-electron chi connectivity index (χ3n) is 4.00. The molecule has 0 unspecified atom stereocenters. The minimum Gasteiger partial charge on any atom is -0.481 e. The second kappa shape index (κ2) is 7.99. The molecular formula is C22H20BrN3O2. The van der Waals surface area contributed by atoms with E-state index >= 15 is 0 Å². The van der Waals surface area contributed by atoms with Crippen molar-refractivity contribution in [2.75, 3.05) is 6.61 Å². The van der Waals surface area contributed by atoms with Gasteiger partial charge in [-0.2, -0.15) is 9.78 Å². The summed E-state index contributed by atoms with van der Waals surface area (Å²) in [5.74, 6) is 3.70. The Kier molecular flexibility index (Phi) is 5.66. The maximum atomic E-state index is 13.1. The minimum absolute atomic E-state index is 0.207. The molecule has 3 aromatic rings. The summed E-state index contributed by atoms with van der Waals surface area (Å²) in [7, 11) is 0. The molecule has 0 atom stereocenters. The lowest BCUT2D eigenvalue weighted by Crippen LogP contribution is -2.29. The molecule has 0 saturated heterocycles. The molecule has 28 heavy (non-hydrogen) atoms. The minimum atomic E-state index is -0.356. The van der Waals surface area contributed by atoms with Crippen molar-refractivity contribution in [2.45, 2.75) is 26.2 Å². The lowest BCUT2D eigenvalue weighted by molar-refractivity contribution is 0.370. The molecule has 1 aromatic heterocycles. The van der Waals surface area contributed by atoms with Crippen LogP contribution in [0, 0.1) is 12.3 Å². The molecule has 0 spiro atoms. The summed E-state index contributed by atoms with van der Waals surface area (Å²) in [5.41, 5.74) is 0.917. The number of ether oxygens (including phenoxy) is 1. The molecule has 3 rings (SSSR count). The number of fused-ring (bicyclic) bond motifs is 1. The molecule has 2 aromatic carbocycles. The number of terminal acetylenes is 1. The molecule has 0 amide bonds. The van der Waals surface area contributed by atoms with Crippen molar-refractivity contribution >= 4 is 33.0 Å². The highest BCUT2D eigenvalue weighted by Gasteiger charge is 2.22. The van der Waals surface area contributed by atoms with Gasteiger partial charge >= 0.3 is 0 Å². The van der Waals surface area contributed by atoms with Crippen LogP contribution < -0.4 is 10.3 Å². The lowest BCUT2D eigenvalue weighted by atomic mass is 9.95. The summed E-state index contributed by atoms with van der Waals surface area (Å²) >= 11 is 3.41. The summed E-state index contributed by atoms with van der Waals surface area (Å²) in [6.07, 6.45) is 6.83. The van der Waals surface area contributed by atoms with Gasteiger partial charge in [0.1, 0.15) is 18.2 Å². The molecule has 0 radical (unpaired) electrons. The van der Waals surface area contributed by atoms with Crippen LogP contribution in [0.4, 0.5) is 0 Å². The predicted molar refractivity (Wildman–Crippen MR) is 116 cm³/mol. The molecular weight excluding hydrogens is 418 g/mol. The Morgan fingerprint density at radius 2 is 1.96 bits per heavy atom. The van der Waals surface area contributed by atoms with Crippen LogP contribution in [0.3, 0.4) is 0 Å². The van der Waals surface area contributed by atoms with Crippen molar-refractivity contribution in [3.05, 3.63) is 68.7 Å². The molecule has 0 N–H and O–H groups in total. The Hall–Kier alpha value is -2.91. The molecule has 0 aliphatic rings. The van der Waals surface area contributed by atoms with Gasteiger partial charge in [-0.15, -0.1) is 6.42 Å². The van der Waals surface area contributed by atoms with Gasteiger partial charge in [0.25, 0.3) is 5.56 Å². The fourth-order valence-electron chi connectivity index (χ4n) is 2.64. The number of halogens is 1. The van der Waals surface area contributed by atoms with Gasteiger partial charge in [0, 0.05) is 9.89 Å². The predicted octanol–water partition coefficient (Wildman–Crippen LogP) is 4.35. The molecule has 5 nitrogen and oxygen atoms in total. The van der Waals surface area contributed by atoms with E-state index in [2.05, 4.69) is 27.0 Å². The molecule has 0 aliphatic heterocycles. The van der Waals surface area contributed by atoms with Crippen LogP contribution in [0.25, 0.3) is 10.9 Å². The smallest absolute Gasteiger partial charge is 0.282 e. The number of hydrogen-bond acceptors (Lipinski definition) is 4. The first-order chi connectivity index (χ1) is 13.3. The number of hydrogen-bond donors (Lipinski definition) is 0. The van der Waals surface area contributed by atoms with Gasteiger partial charge in [-0.05, 0) is 48.0 Å². The van der Waals surface area contributed by atoms with E-state index in [1.54, 1.807) is 12.3 Å². The first-order valence-corrected chi connectivity index (χ1v) is 9.52. The monoisotopic (exact) mass is 437 g/mol. The highest BCUT2D eigenvalue weighted by atomic mass is 79.9. The topological polar surface area (TPSA) is 56.5 Å². The van der Waals surface area contributed by atoms with E-state index in [1.165, 1.54) is 4.68 Å². The molecule has 6 heteroatoms. The highest BCUT2D eigenvalue weighted by Crippen LogP contribution is 2.23. The van der Waals surface area contributed by atoms with E-state index < -0.39 is 0 Å². The van der Waals surface area contributed by atoms with Crippen LogP contribution in [0.15, 0.2) is 56.8 Å². The number of benzene rings is 2. The van der Waals surface area contributed by atoms with E-state index in [4.69, 9.17) is 16.1 Å². The van der Waals surface area contributed by atoms with Gasteiger partial charge in [-0.25, -0.2) is 4.98 Å². The van der Waals surface area contributed by atoms with Crippen LogP contribution in [0.2, 0.25) is 0 Å². The summed E-state index contributed by atoms with van der Waals surface area (Å²) in [6.45, 7) is 6.23. The molecule has 0 fully saturated rings. The standard InChI is InChI=1S/C22H20BrN3O2/c1-5-12-28-17-9-6-15(7-10-17)14-24-26-20(27)18-13-16(23)8-11-19(18)25-21(26)22(2,3)4/h1,6-11,13-14H,12H2,2-4H3. The van der Waals surface area contributed by atoms with Crippen molar-refractivity contribution in [2.24, 2.45) is 5.10 Å². The molecule has 0 bridgehead atoms. The quantitative estimate of drug-likeness (QED) is 0.450. The zero-order valence-corrected chi connectivity index (χ0v) is 17.5. The molecule has 0 aliphatic carbocycles. The SMILES string of the molecule is C#CCOc1ccc(C=Nn2c(C(C)(C)C)nc3ccc(Br)cc3c2=O)cc1. The summed E-state index contributed by atoms with van der Waals surface area (Å²) in [5, 5.41) is 4.95. The molecule has 1 heterocycles. The first-order valence-electron chi connectivity index (χ1n) is 8.73. The Morgan fingerprint density at radius 1 is 1.25 bits per heavy atom. The van der Waals surface area contributed by atoms with Crippen molar-refractivity contribution < 1.29 is 4.74 Å². The Morgan fingerprint density at radius 3 is 2.61 bits per heavy atom. The van der Waals surface area contributed by atoms with E-state index in [1.807, 2.05) is 57.2 Å². The van der Waals surface area contributed by atoms with Gasteiger partial charge in [-0.1, -0.05) is 42.6 Å². The zero-order valence-electron chi connectivity index (χ0n) is 15.9. The van der Waals surface area contributed by atoms with Crippen molar-refractivity contribution in [1.29, 1.82) is 0 Å². The van der Waals surface area contributed by atoms with E-state index in [0.29, 0.717) is 22.5 Å². The van der Waals surface area contributed by atoms with Crippen LogP contribution in [-0.2, 0) is 5.41 Å². The second-order valence-electron chi connectivity index (χ2n) is 7.27. The maximum Gasteiger partial charge on any atom is 0.282 e. The normalized spacial score (nSPS) is 11.7. The summed E-state index contributed by atoms with van der Waals surface area (Å²) in [4.78, 5) is 17.8. The van der Waals surface area contributed by atoms with Crippen LogP contribution in [0.5, 0.6) is 5.75 Å². The highest BCUT2D eigenvalue weighted by molar-refractivity contribution is 9.10. The van der Waals surface area contributed by atoms with Gasteiger partial charge in [0.15, 0.2) is 0 Å². The third-order valence-corrected chi connectivity index (χ3v) is 4.50. The molecule has 142 valence electrons. The van der Waals surface area contributed by atoms with E-state index in [9.17, 15) is 4.79 Å². The maximum absolute atomic E-state index is 13.1. The van der Waals surface area contributed by atoms with Crippen molar-refractivity contribution in [3.8, 4) is 18.1 Å². The van der Waals surface area contributed by atoms with E-state index in [0.717, 1.165) is 10.0 Å². The summed E-state index contributed by atoms with van der Waals surface area (Å²) < 4.78 is 7.56. The number of aromatic nitrogens is 2. The van der Waals surface area contributed by atoms with Gasteiger partial charge in [-0.3, -0.25) is 4.79 Å². The van der Waals surface area contributed by atoms with Gasteiger partial charge in [0.2, 0.25) is 0 Å². The average molecular weight is 438 g/mol. The fourth-order valence-corrected chi connectivity index (χ4v) is 3.00. The number of nitrogens with zero attached hydrogens (tertiary/aromatic N) is 3. The second-order valence-corrected chi connectivity index (χ2v) is 8.19. The number of rotatable bonds is 4.